The maximum Gasteiger partial charge on any atom is 0.268 e. The molecule has 0 fully saturated rings. The van der Waals surface area contributed by atoms with Crippen molar-refractivity contribution in [2.75, 3.05) is 6.61 Å². The molecule has 0 aliphatic heterocycles. The highest BCUT2D eigenvalue weighted by atomic mass is 32.1. The van der Waals surface area contributed by atoms with E-state index in [2.05, 4.69) is 22.5 Å². The van der Waals surface area contributed by atoms with E-state index in [1.165, 1.54) is 17.4 Å². The van der Waals surface area contributed by atoms with E-state index in [4.69, 9.17) is 10.5 Å². The van der Waals surface area contributed by atoms with Gasteiger partial charge in [-0.2, -0.15) is 0 Å². The summed E-state index contributed by atoms with van der Waals surface area (Å²) >= 11 is 1.70. The Labute approximate surface area is 155 Å². The van der Waals surface area contributed by atoms with Crippen LogP contribution in [0.3, 0.4) is 0 Å². The third kappa shape index (κ3) is 4.93. The van der Waals surface area contributed by atoms with E-state index in [9.17, 15) is 9.90 Å². The molecule has 0 saturated heterocycles. The Morgan fingerprint density at radius 1 is 1.35 bits per heavy atom. The molecular formula is C19H21N3O3S. The molecule has 2 aromatic heterocycles. The zero-order valence-electron chi connectivity index (χ0n) is 14.2. The second kappa shape index (κ2) is 8.64. The van der Waals surface area contributed by atoms with Crippen LogP contribution in [0.15, 0.2) is 54.3 Å². The predicted molar refractivity (Wildman–Crippen MR) is 101 cm³/mol. The molecule has 3 aromatic rings. The SMILES string of the molecule is NC(=O)c1cn(C[C@@H](O)CCCOc2cccc(-c3cccs3)c2)cn1. The second-order valence-corrected chi connectivity index (χ2v) is 6.92. The molecule has 0 unspecified atom stereocenters. The number of aromatic nitrogens is 2. The molecule has 0 saturated carbocycles. The molecule has 0 bridgehead atoms. The van der Waals surface area contributed by atoms with Gasteiger partial charge in [0.05, 0.1) is 19.0 Å². The third-order valence-corrected chi connectivity index (χ3v) is 4.82. The van der Waals surface area contributed by atoms with E-state index in [1.54, 1.807) is 15.9 Å². The largest absolute Gasteiger partial charge is 0.494 e. The van der Waals surface area contributed by atoms with Gasteiger partial charge in [0.15, 0.2) is 0 Å². The molecule has 7 heteroatoms. The second-order valence-electron chi connectivity index (χ2n) is 5.97. The first-order chi connectivity index (χ1) is 12.6. The van der Waals surface area contributed by atoms with Gasteiger partial charge in [-0.1, -0.05) is 18.2 Å². The van der Waals surface area contributed by atoms with Gasteiger partial charge in [-0.25, -0.2) is 4.98 Å². The number of rotatable bonds is 9. The van der Waals surface area contributed by atoms with E-state index >= 15 is 0 Å². The standard InChI is InChI=1S/C19H21N3O3S/c20-19(24)17-12-22(13-21-17)11-15(23)5-2-8-25-16-6-1-4-14(10-16)18-7-3-9-26-18/h1,3-4,6-7,9-10,12-13,15,23H,2,5,8,11H2,(H2,20,24)/t15-/m0/s1. The van der Waals surface area contributed by atoms with Gasteiger partial charge in [0, 0.05) is 17.6 Å². The number of carbonyl (C=O) groups excluding carboxylic acids is 1. The van der Waals surface area contributed by atoms with Crippen molar-refractivity contribution in [1.29, 1.82) is 0 Å². The Morgan fingerprint density at radius 3 is 2.96 bits per heavy atom. The fraction of sp³-hybridized carbons (Fsp3) is 0.263. The van der Waals surface area contributed by atoms with Crippen molar-refractivity contribution in [3.05, 3.63) is 60.0 Å². The van der Waals surface area contributed by atoms with Crippen LogP contribution in [0.5, 0.6) is 5.75 Å². The predicted octanol–water partition coefficient (Wildman–Crippen LogP) is 2.93. The Balaban J connectivity index is 1.42. The summed E-state index contributed by atoms with van der Waals surface area (Å²) in [5, 5.41) is 12.2. The summed E-state index contributed by atoms with van der Waals surface area (Å²) in [6.07, 6.45) is 3.82. The van der Waals surface area contributed by atoms with E-state index < -0.39 is 12.0 Å². The van der Waals surface area contributed by atoms with E-state index in [-0.39, 0.29) is 5.69 Å². The third-order valence-electron chi connectivity index (χ3n) is 3.90. The van der Waals surface area contributed by atoms with Crippen molar-refractivity contribution < 1.29 is 14.6 Å². The summed E-state index contributed by atoms with van der Waals surface area (Å²) in [5.74, 6) is 0.252. The molecule has 0 aliphatic carbocycles. The minimum atomic E-state index is -0.573. The number of amides is 1. The molecule has 0 spiro atoms. The topological polar surface area (TPSA) is 90.4 Å². The molecule has 1 atom stereocenters. The average molecular weight is 371 g/mol. The zero-order valence-corrected chi connectivity index (χ0v) is 15.1. The lowest BCUT2D eigenvalue weighted by molar-refractivity contribution is 0.0995. The number of benzene rings is 1. The Kier molecular flexibility index (Phi) is 6.04. The molecule has 0 radical (unpaired) electrons. The maximum absolute atomic E-state index is 11.0. The van der Waals surface area contributed by atoms with Gasteiger partial charge >= 0.3 is 0 Å². The quantitative estimate of drug-likeness (QED) is 0.566. The highest BCUT2D eigenvalue weighted by Gasteiger charge is 2.09. The van der Waals surface area contributed by atoms with E-state index in [1.807, 2.05) is 24.3 Å². The van der Waals surface area contributed by atoms with E-state index in [0.717, 1.165) is 17.7 Å². The van der Waals surface area contributed by atoms with Crippen LogP contribution in [-0.4, -0.2) is 33.3 Å². The number of hydrogen-bond donors (Lipinski definition) is 2. The number of ether oxygens (including phenoxy) is 1. The molecule has 136 valence electrons. The molecule has 1 aromatic carbocycles. The number of nitrogens with zero attached hydrogens (tertiary/aromatic N) is 2. The number of carbonyl (C=O) groups is 1. The fourth-order valence-electron chi connectivity index (χ4n) is 2.61. The summed E-state index contributed by atoms with van der Waals surface area (Å²) in [7, 11) is 0. The molecule has 3 rings (SSSR count). The molecule has 2 heterocycles. The van der Waals surface area contributed by atoms with Crippen molar-refractivity contribution >= 4 is 17.2 Å². The van der Waals surface area contributed by atoms with E-state index in [0.29, 0.717) is 19.6 Å². The monoisotopic (exact) mass is 371 g/mol. The molecule has 26 heavy (non-hydrogen) atoms. The highest BCUT2D eigenvalue weighted by molar-refractivity contribution is 7.13. The van der Waals surface area contributed by atoms with Gasteiger partial charge in [0.1, 0.15) is 11.4 Å². The van der Waals surface area contributed by atoms with Gasteiger partial charge in [0.2, 0.25) is 0 Å². The number of nitrogens with two attached hydrogens (primary N) is 1. The summed E-state index contributed by atoms with van der Waals surface area (Å²) in [4.78, 5) is 16.1. The molecule has 3 N–H and O–H groups in total. The van der Waals surface area contributed by atoms with Crippen LogP contribution in [0.1, 0.15) is 23.3 Å². The van der Waals surface area contributed by atoms with Gasteiger partial charge in [0.25, 0.3) is 5.91 Å². The summed E-state index contributed by atoms with van der Waals surface area (Å²) in [6, 6.07) is 12.1. The minimum absolute atomic E-state index is 0.200. The number of aliphatic hydroxyl groups is 1. The van der Waals surface area contributed by atoms with Crippen LogP contribution >= 0.6 is 11.3 Å². The lowest BCUT2D eigenvalue weighted by Crippen LogP contribution is -2.16. The number of primary amides is 1. The Hall–Kier alpha value is -2.64. The minimum Gasteiger partial charge on any atom is -0.494 e. The summed E-state index contributed by atoms with van der Waals surface area (Å²) < 4.78 is 7.46. The normalized spacial score (nSPS) is 12.0. The summed E-state index contributed by atoms with van der Waals surface area (Å²) in [5.41, 5.74) is 6.50. The molecule has 1 amide bonds. The van der Waals surface area contributed by atoms with Crippen LogP contribution in [-0.2, 0) is 6.54 Å². The van der Waals surface area contributed by atoms with Crippen LogP contribution in [0.4, 0.5) is 0 Å². The van der Waals surface area contributed by atoms with Crippen molar-refractivity contribution in [3.8, 4) is 16.2 Å². The average Bonchev–Trinajstić information content (AvgIpc) is 3.31. The first kappa shape index (κ1) is 18.2. The van der Waals surface area contributed by atoms with Crippen molar-refractivity contribution in [2.24, 2.45) is 5.73 Å². The fourth-order valence-corrected chi connectivity index (χ4v) is 3.34. The van der Waals surface area contributed by atoms with Crippen molar-refractivity contribution in [2.45, 2.75) is 25.5 Å². The Morgan fingerprint density at radius 2 is 2.23 bits per heavy atom. The number of imidazole rings is 1. The smallest absolute Gasteiger partial charge is 0.268 e. The molecule has 0 aliphatic rings. The zero-order chi connectivity index (χ0) is 18.4. The van der Waals surface area contributed by atoms with Crippen LogP contribution < -0.4 is 10.5 Å². The lowest BCUT2D eigenvalue weighted by Gasteiger charge is -2.12. The highest BCUT2D eigenvalue weighted by Crippen LogP contribution is 2.27. The van der Waals surface area contributed by atoms with Crippen molar-refractivity contribution in [3.63, 3.8) is 0 Å². The van der Waals surface area contributed by atoms with Gasteiger partial charge < -0.3 is 20.1 Å². The van der Waals surface area contributed by atoms with Gasteiger partial charge in [-0.15, -0.1) is 11.3 Å². The maximum atomic E-state index is 11.0. The number of hydrogen-bond acceptors (Lipinski definition) is 5. The molecule has 6 nitrogen and oxygen atoms in total. The first-order valence-corrected chi connectivity index (χ1v) is 9.26. The number of aliphatic hydroxyl groups excluding tert-OH is 1. The Bertz CT molecular complexity index is 845. The van der Waals surface area contributed by atoms with Crippen LogP contribution in [0, 0.1) is 0 Å². The first-order valence-electron chi connectivity index (χ1n) is 8.38. The summed E-state index contributed by atoms with van der Waals surface area (Å²) in [6.45, 7) is 0.898. The van der Waals surface area contributed by atoms with Gasteiger partial charge in [-0.3, -0.25) is 4.79 Å². The lowest BCUT2D eigenvalue weighted by atomic mass is 10.2. The molecular weight excluding hydrogens is 350 g/mol. The van der Waals surface area contributed by atoms with Gasteiger partial charge in [-0.05, 0) is 42.0 Å². The number of thiophene rings is 1. The van der Waals surface area contributed by atoms with Crippen molar-refractivity contribution in [1.82, 2.24) is 9.55 Å². The van der Waals surface area contributed by atoms with Crippen LogP contribution in [0.2, 0.25) is 0 Å². The van der Waals surface area contributed by atoms with Crippen LogP contribution in [0.25, 0.3) is 10.4 Å².